The molecule has 108 valence electrons. The van der Waals surface area contributed by atoms with Gasteiger partial charge >= 0.3 is 0 Å². The molecular weight excluding hydrogens is 240 g/mol. The molecule has 0 amide bonds. The van der Waals surface area contributed by atoms with Gasteiger partial charge in [0.25, 0.3) is 0 Å². The van der Waals surface area contributed by atoms with Gasteiger partial charge in [0, 0.05) is 12.6 Å². The fraction of sp³-hybridized carbons (Fsp3) is 0.600. The first-order chi connectivity index (χ1) is 9.08. The van der Waals surface area contributed by atoms with Gasteiger partial charge in [-0.3, -0.25) is 0 Å². The highest BCUT2D eigenvalue weighted by molar-refractivity contribution is 5.46. The normalized spacial score (nSPS) is 12.3. The van der Waals surface area contributed by atoms with Gasteiger partial charge in [-0.2, -0.15) is 0 Å². The number of aryl methyl sites for hydroxylation is 1. The Hall–Kier alpha value is -1.26. The van der Waals surface area contributed by atoms with Crippen molar-refractivity contribution in [3.63, 3.8) is 0 Å². The van der Waals surface area contributed by atoms with E-state index in [1.807, 2.05) is 19.1 Å². The Kier molecular flexibility index (Phi) is 6.67. The summed E-state index contributed by atoms with van der Waals surface area (Å²) < 4.78 is 10.6. The van der Waals surface area contributed by atoms with Crippen molar-refractivity contribution in [3.05, 3.63) is 23.3 Å². The SMILES string of the molecule is COc1cc(C)c(CNCCCC(C)N)cc1OC. The van der Waals surface area contributed by atoms with E-state index in [0.717, 1.165) is 37.4 Å². The van der Waals surface area contributed by atoms with Crippen molar-refractivity contribution < 1.29 is 9.47 Å². The third-order valence-electron chi connectivity index (χ3n) is 3.17. The summed E-state index contributed by atoms with van der Waals surface area (Å²) in [6.07, 6.45) is 2.15. The number of nitrogens with one attached hydrogen (secondary N) is 1. The number of hydrogen-bond acceptors (Lipinski definition) is 4. The van der Waals surface area contributed by atoms with E-state index in [9.17, 15) is 0 Å². The van der Waals surface area contributed by atoms with Gasteiger partial charge in [0.15, 0.2) is 11.5 Å². The second kappa shape index (κ2) is 8.02. The minimum absolute atomic E-state index is 0.282. The molecule has 0 radical (unpaired) electrons. The summed E-state index contributed by atoms with van der Waals surface area (Å²) in [6, 6.07) is 4.33. The number of rotatable bonds is 8. The Morgan fingerprint density at radius 2 is 1.84 bits per heavy atom. The van der Waals surface area contributed by atoms with E-state index in [1.165, 1.54) is 11.1 Å². The Bertz CT molecular complexity index is 392. The molecule has 0 aliphatic carbocycles. The highest BCUT2D eigenvalue weighted by atomic mass is 16.5. The largest absolute Gasteiger partial charge is 0.493 e. The molecule has 0 aromatic heterocycles. The maximum Gasteiger partial charge on any atom is 0.161 e. The van der Waals surface area contributed by atoms with Gasteiger partial charge in [0.2, 0.25) is 0 Å². The summed E-state index contributed by atoms with van der Waals surface area (Å²) in [5.41, 5.74) is 8.16. The van der Waals surface area contributed by atoms with Crippen LogP contribution in [0.1, 0.15) is 30.9 Å². The van der Waals surface area contributed by atoms with Crippen LogP contribution >= 0.6 is 0 Å². The lowest BCUT2D eigenvalue weighted by Crippen LogP contribution is -2.20. The predicted molar refractivity (Wildman–Crippen MR) is 78.9 cm³/mol. The molecule has 4 nitrogen and oxygen atoms in total. The lowest BCUT2D eigenvalue weighted by Gasteiger charge is -2.13. The third-order valence-corrected chi connectivity index (χ3v) is 3.17. The number of methoxy groups -OCH3 is 2. The van der Waals surface area contributed by atoms with Crippen molar-refractivity contribution in [1.82, 2.24) is 5.32 Å². The minimum Gasteiger partial charge on any atom is -0.493 e. The summed E-state index contributed by atoms with van der Waals surface area (Å²) in [5, 5.41) is 3.43. The first kappa shape index (κ1) is 15.8. The minimum atomic E-state index is 0.282. The van der Waals surface area contributed by atoms with E-state index in [4.69, 9.17) is 15.2 Å². The molecule has 1 aromatic carbocycles. The molecule has 0 heterocycles. The first-order valence-corrected chi connectivity index (χ1v) is 6.76. The number of ether oxygens (including phenoxy) is 2. The van der Waals surface area contributed by atoms with E-state index >= 15 is 0 Å². The van der Waals surface area contributed by atoms with Crippen LogP contribution in [0, 0.1) is 6.92 Å². The highest BCUT2D eigenvalue weighted by Gasteiger charge is 2.08. The van der Waals surface area contributed by atoms with Crippen LogP contribution in [0.5, 0.6) is 11.5 Å². The maximum absolute atomic E-state index is 5.72. The quantitative estimate of drug-likeness (QED) is 0.708. The molecule has 1 rings (SSSR count). The fourth-order valence-electron chi connectivity index (χ4n) is 1.99. The lowest BCUT2D eigenvalue weighted by atomic mass is 10.1. The molecule has 1 atom stereocenters. The van der Waals surface area contributed by atoms with E-state index in [1.54, 1.807) is 14.2 Å². The molecule has 0 fully saturated rings. The molecule has 4 heteroatoms. The number of benzene rings is 1. The van der Waals surface area contributed by atoms with E-state index in [-0.39, 0.29) is 6.04 Å². The molecule has 0 aliphatic heterocycles. The summed E-state index contributed by atoms with van der Waals surface area (Å²) >= 11 is 0. The van der Waals surface area contributed by atoms with Crippen molar-refractivity contribution in [2.75, 3.05) is 20.8 Å². The molecule has 3 N–H and O–H groups in total. The highest BCUT2D eigenvalue weighted by Crippen LogP contribution is 2.30. The Morgan fingerprint density at radius 3 is 2.42 bits per heavy atom. The summed E-state index contributed by atoms with van der Waals surface area (Å²) in [5.74, 6) is 1.56. The molecular formula is C15H26N2O2. The third kappa shape index (κ3) is 5.09. The van der Waals surface area contributed by atoms with Crippen molar-refractivity contribution in [1.29, 1.82) is 0 Å². The van der Waals surface area contributed by atoms with Crippen molar-refractivity contribution in [2.24, 2.45) is 5.73 Å². The number of nitrogens with two attached hydrogens (primary N) is 1. The van der Waals surface area contributed by atoms with Crippen LogP contribution in [0.4, 0.5) is 0 Å². The topological polar surface area (TPSA) is 56.5 Å². The van der Waals surface area contributed by atoms with Crippen molar-refractivity contribution in [3.8, 4) is 11.5 Å². The van der Waals surface area contributed by atoms with Crippen LogP contribution in [0.15, 0.2) is 12.1 Å². The summed E-state index contributed by atoms with van der Waals surface area (Å²) in [7, 11) is 3.32. The van der Waals surface area contributed by atoms with Gasteiger partial charge in [-0.25, -0.2) is 0 Å². The zero-order chi connectivity index (χ0) is 14.3. The van der Waals surface area contributed by atoms with Gasteiger partial charge in [-0.05, 0) is 56.5 Å². The van der Waals surface area contributed by atoms with Crippen LogP contribution in [0.25, 0.3) is 0 Å². The maximum atomic E-state index is 5.72. The monoisotopic (exact) mass is 266 g/mol. The summed E-state index contributed by atoms with van der Waals surface area (Å²) in [6.45, 7) is 5.94. The standard InChI is InChI=1S/C15H26N2O2/c1-11-8-14(18-3)15(19-4)9-13(11)10-17-7-5-6-12(2)16/h8-9,12,17H,5-7,10,16H2,1-4H3. The smallest absolute Gasteiger partial charge is 0.161 e. The van der Waals surface area contributed by atoms with Crippen LogP contribution < -0.4 is 20.5 Å². The van der Waals surface area contributed by atoms with Crippen LogP contribution in [0.3, 0.4) is 0 Å². The van der Waals surface area contributed by atoms with Gasteiger partial charge in [-0.15, -0.1) is 0 Å². The first-order valence-electron chi connectivity index (χ1n) is 6.76. The van der Waals surface area contributed by atoms with Crippen LogP contribution in [-0.4, -0.2) is 26.8 Å². The van der Waals surface area contributed by atoms with Gasteiger partial charge in [0.05, 0.1) is 14.2 Å². The van der Waals surface area contributed by atoms with E-state index in [0.29, 0.717) is 0 Å². The molecule has 19 heavy (non-hydrogen) atoms. The van der Waals surface area contributed by atoms with E-state index in [2.05, 4.69) is 12.2 Å². The zero-order valence-electron chi connectivity index (χ0n) is 12.5. The molecule has 0 spiro atoms. The zero-order valence-corrected chi connectivity index (χ0v) is 12.5. The second-order valence-corrected chi connectivity index (χ2v) is 4.93. The van der Waals surface area contributed by atoms with Crippen LogP contribution in [0.2, 0.25) is 0 Å². The predicted octanol–water partition coefficient (Wildman–Crippen LogP) is 2.23. The Morgan fingerprint density at radius 1 is 1.21 bits per heavy atom. The molecule has 0 bridgehead atoms. The Balaban J connectivity index is 2.53. The van der Waals surface area contributed by atoms with Crippen LogP contribution in [-0.2, 0) is 6.54 Å². The number of hydrogen-bond donors (Lipinski definition) is 2. The summed E-state index contributed by atoms with van der Waals surface area (Å²) in [4.78, 5) is 0. The molecule has 0 aliphatic rings. The van der Waals surface area contributed by atoms with Crippen molar-refractivity contribution >= 4 is 0 Å². The van der Waals surface area contributed by atoms with Gasteiger partial charge in [-0.1, -0.05) is 0 Å². The average Bonchev–Trinajstić information content (AvgIpc) is 2.39. The fourth-order valence-corrected chi connectivity index (χ4v) is 1.99. The average molecular weight is 266 g/mol. The molecule has 1 aromatic rings. The van der Waals surface area contributed by atoms with Gasteiger partial charge < -0.3 is 20.5 Å². The molecule has 0 saturated heterocycles. The van der Waals surface area contributed by atoms with Gasteiger partial charge in [0.1, 0.15) is 0 Å². The van der Waals surface area contributed by atoms with Crippen molar-refractivity contribution in [2.45, 2.75) is 39.3 Å². The second-order valence-electron chi connectivity index (χ2n) is 4.93. The van der Waals surface area contributed by atoms with E-state index < -0.39 is 0 Å². The molecule has 1 unspecified atom stereocenters. The Labute approximate surface area is 116 Å². The molecule has 0 saturated carbocycles. The lowest BCUT2D eigenvalue weighted by molar-refractivity contribution is 0.354.